The van der Waals surface area contributed by atoms with Crippen LogP contribution in [0.15, 0.2) is 35.2 Å². The molecule has 0 unspecified atom stereocenters. The van der Waals surface area contributed by atoms with E-state index in [1.807, 2.05) is 6.07 Å². The molecule has 0 aliphatic heterocycles. The van der Waals surface area contributed by atoms with Crippen LogP contribution in [0.1, 0.15) is 57.4 Å². The maximum atomic E-state index is 11.9. The Balaban J connectivity index is 2.17. The van der Waals surface area contributed by atoms with E-state index in [9.17, 15) is 13.0 Å². The zero-order valence-electron chi connectivity index (χ0n) is 14.3. The lowest BCUT2D eigenvalue weighted by Gasteiger charge is -2.13. The molecular weight excluding hydrogens is 322 g/mol. The molecule has 0 aliphatic carbocycles. The van der Waals surface area contributed by atoms with Crippen LogP contribution in [0.25, 0.3) is 10.8 Å². The summed E-state index contributed by atoms with van der Waals surface area (Å²) in [7, 11) is -4.29. The van der Waals surface area contributed by atoms with Gasteiger partial charge in [-0.05, 0) is 24.5 Å². The van der Waals surface area contributed by atoms with Crippen molar-refractivity contribution in [2.75, 3.05) is 5.73 Å². The van der Waals surface area contributed by atoms with Gasteiger partial charge in [-0.1, -0.05) is 69.7 Å². The van der Waals surface area contributed by atoms with Gasteiger partial charge in [-0.2, -0.15) is 8.42 Å². The van der Waals surface area contributed by atoms with E-state index < -0.39 is 10.1 Å². The largest absolute Gasteiger partial charge is 0.398 e. The smallest absolute Gasteiger partial charge is 0.295 e. The summed E-state index contributed by atoms with van der Waals surface area (Å²) in [6.07, 6.45) is 8.70. The quantitative estimate of drug-likeness (QED) is 0.381. The van der Waals surface area contributed by atoms with Gasteiger partial charge in [0.05, 0.1) is 0 Å². The summed E-state index contributed by atoms with van der Waals surface area (Å²) in [6, 6.07) is 8.73. The number of aryl methyl sites for hydroxylation is 1. The minimum absolute atomic E-state index is 0.0123. The second kappa shape index (κ2) is 8.49. The normalized spacial score (nSPS) is 11.9. The Morgan fingerprint density at radius 1 is 0.958 bits per heavy atom. The Labute approximate surface area is 144 Å². The minimum Gasteiger partial charge on any atom is -0.398 e. The van der Waals surface area contributed by atoms with Crippen molar-refractivity contribution in [3.63, 3.8) is 0 Å². The van der Waals surface area contributed by atoms with Crippen molar-refractivity contribution >= 4 is 26.6 Å². The molecule has 4 nitrogen and oxygen atoms in total. The molecule has 2 rings (SSSR count). The van der Waals surface area contributed by atoms with Gasteiger partial charge in [-0.3, -0.25) is 4.55 Å². The molecule has 0 saturated heterocycles. The Bertz CT molecular complexity index is 785. The van der Waals surface area contributed by atoms with Crippen LogP contribution in [0.5, 0.6) is 0 Å². The third-order valence-electron chi connectivity index (χ3n) is 4.41. The lowest BCUT2D eigenvalue weighted by atomic mass is 10.00. The maximum Gasteiger partial charge on any atom is 0.295 e. The van der Waals surface area contributed by atoms with E-state index >= 15 is 0 Å². The molecule has 3 N–H and O–H groups in total. The summed E-state index contributed by atoms with van der Waals surface area (Å²) in [5.74, 6) is 0. The summed E-state index contributed by atoms with van der Waals surface area (Å²) in [4.78, 5) is 0.0123. The van der Waals surface area contributed by atoms with Crippen molar-refractivity contribution in [2.24, 2.45) is 0 Å². The van der Waals surface area contributed by atoms with Crippen molar-refractivity contribution in [2.45, 2.75) is 63.2 Å². The van der Waals surface area contributed by atoms with Crippen molar-refractivity contribution in [3.8, 4) is 0 Å². The first-order valence-corrected chi connectivity index (χ1v) is 10.2. The SMILES string of the molecule is CCCCCCCCCc1cc(N)c2ccccc2c1S(=O)(=O)O. The fourth-order valence-corrected chi connectivity index (χ4v) is 4.15. The van der Waals surface area contributed by atoms with E-state index in [1.165, 1.54) is 25.7 Å². The summed E-state index contributed by atoms with van der Waals surface area (Å²) in [5.41, 5.74) is 7.24. The number of anilines is 1. The molecule has 0 aliphatic rings. The van der Waals surface area contributed by atoms with Gasteiger partial charge in [-0.25, -0.2) is 0 Å². The van der Waals surface area contributed by atoms with Gasteiger partial charge in [0.1, 0.15) is 4.90 Å². The molecule has 0 amide bonds. The van der Waals surface area contributed by atoms with Crippen molar-refractivity contribution in [3.05, 3.63) is 35.9 Å². The summed E-state index contributed by atoms with van der Waals surface area (Å²) >= 11 is 0. The van der Waals surface area contributed by atoms with Crippen LogP contribution in [0.4, 0.5) is 5.69 Å². The van der Waals surface area contributed by atoms with E-state index in [2.05, 4.69) is 6.92 Å². The Morgan fingerprint density at radius 2 is 1.54 bits per heavy atom. The Kier molecular flexibility index (Phi) is 6.63. The van der Waals surface area contributed by atoms with Crippen LogP contribution in [0, 0.1) is 0 Å². The van der Waals surface area contributed by atoms with E-state index in [-0.39, 0.29) is 4.90 Å². The number of rotatable bonds is 9. The number of benzene rings is 2. The fraction of sp³-hybridized carbons (Fsp3) is 0.474. The average Bonchev–Trinajstić information content (AvgIpc) is 2.53. The lowest BCUT2D eigenvalue weighted by Crippen LogP contribution is -2.06. The average molecular weight is 349 g/mol. The van der Waals surface area contributed by atoms with Crippen LogP contribution >= 0.6 is 0 Å². The van der Waals surface area contributed by atoms with Gasteiger partial charge in [0.25, 0.3) is 10.1 Å². The molecule has 2 aromatic carbocycles. The third-order valence-corrected chi connectivity index (χ3v) is 5.41. The van der Waals surface area contributed by atoms with Crippen LogP contribution in [0.3, 0.4) is 0 Å². The van der Waals surface area contributed by atoms with Crippen molar-refractivity contribution in [1.29, 1.82) is 0 Å². The van der Waals surface area contributed by atoms with E-state index in [4.69, 9.17) is 5.73 Å². The standard InChI is InChI=1S/C19H27NO3S/c1-2-3-4-5-6-7-8-11-15-14-18(20)16-12-9-10-13-17(16)19(15)24(21,22)23/h9-10,12-14H,2-8,11,20H2,1H3,(H,21,22,23). The molecule has 0 fully saturated rings. The third kappa shape index (κ3) is 4.71. The van der Waals surface area contributed by atoms with Crippen molar-refractivity contribution in [1.82, 2.24) is 0 Å². The molecular formula is C19H27NO3S. The predicted molar refractivity (Wildman–Crippen MR) is 99.9 cm³/mol. The van der Waals surface area contributed by atoms with Gasteiger partial charge in [0, 0.05) is 16.5 Å². The van der Waals surface area contributed by atoms with Gasteiger partial charge >= 0.3 is 0 Å². The molecule has 2 aromatic rings. The first kappa shape index (κ1) is 18.7. The fourth-order valence-electron chi connectivity index (χ4n) is 3.20. The summed E-state index contributed by atoms with van der Waals surface area (Å²) < 4.78 is 33.5. The highest BCUT2D eigenvalue weighted by Crippen LogP contribution is 2.32. The second-order valence-electron chi connectivity index (χ2n) is 6.35. The van der Waals surface area contributed by atoms with Gasteiger partial charge in [0.15, 0.2) is 0 Å². The monoisotopic (exact) mass is 349 g/mol. The molecule has 24 heavy (non-hydrogen) atoms. The van der Waals surface area contributed by atoms with Gasteiger partial charge in [0.2, 0.25) is 0 Å². The van der Waals surface area contributed by atoms with E-state index in [1.54, 1.807) is 24.3 Å². The molecule has 5 heteroatoms. The number of unbranched alkanes of at least 4 members (excludes halogenated alkanes) is 6. The Hall–Kier alpha value is -1.59. The highest BCUT2D eigenvalue weighted by molar-refractivity contribution is 7.86. The molecule has 0 aromatic heterocycles. The molecule has 0 bridgehead atoms. The van der Waals surface area contributed by atoms with Crippen LogP contribution in [0.2, 0.25) is 0 Å². The minimum atomic E-state index is -4.29. The number of nitrogens with two attached hydrogens (primary N) is 1. The van der Waals surface area contributed by atoms with Crippen LogP contribution in [-0.4, -0.2) is 13.0 Å². The summed E-state index contributed by atoms with van der Waals surface area (Å²) in [5, 5.41) is 1.16. The summed E-state index contributed by atoms with van der Waals surface area (Å²) in [6.45, 7) is 2.20. The Morgan fingerprint density at radius 3 is 2.17 bits per heavy atom. The van der Waals surface area contributed by atoms with E-state index in [0.717, 1.165) is 19.3 Å². The second-order valence-corrected chi connectivity index (χ2v) is 7.70. The van der Waals surface area contributed by atoms with Crippen LogP contribution in [-0.2, 0) is 16.5 Å². The van der Waals surface area contributed by atoms with Gasteiger partial charge < -0.3 is 5.73 Å². The number of hydrogen-bond donors (Lipinski definition) is 2. The molecule has 0 spiro atoms. The molecule has 132 valence electrons. The molecule has 0 saturated carbocycles. The number of hydrogen-bond acceptors (Lipinski definition) is 3. The number of fused-ring (bicyclic) bond motifs is 1. The van der Waals surface area contributed by atoms with Crippen LogP contribution < -0.4 is 5.73 Å². The zero-order valence-corrected chi connectivity index (χ0v) is 15.1. The molecule has 0 atom stereocenters. The van der Waals surface area contributed by atoms with Crippen molar-refractivity contribution < 1.29 is 13.0 Å². The highest BCUT2D eigenvalue weighted by Gasteiger charge is 2.20. The first-order chi connectivity index (χ1) is 11.4. The first-order valence-electron chi connectivity index (χ1n) is 8.72. The van der Waals surface area contributed by atoms with Gasteiger partial charge in [-0.15, -0.1) is 0 Å². The molecule has 0 heterocycles. The lowest BCUT2D eigenvalue weighted by molar-refractivity contribution is 0.482. The molecule has 0 radical (unpaired) electrons. The number of nitrogen functional groups attached to an aromatic ring is 1. The van der Waals surface area contributed by atoms with E-state index in [0.29, 0.717) is 28.4 Å². The zero-order chi connectivity index (χ0) is 17.6. The maximum absolute atomic E-state index is 11.9. The highest BCUT2D eigenvalue weighted by atomic mass is 32.2. The predicted octanol–water partition coefficient (Wildman–Crippen LogP) is 4.96. The topological polar surface area (TPSA) is 80.4 Å².